The molecule has 1 aliphatic heterocycles. The second-order valence-electron chi connectivity index (χ2n) is 6.34. The van der Waals surface area contributed by atoms with Gasteiger partial charge in [-0.05, 0) is 23.8 Å². The van der Waals surface area contributed by atoms with Crippen molar-refractivity contribution in [3.63, 3.8) is 0 Å². The lowest BCUT2D eigenvalue weighted by Crippen LogP contribution is -2.46. The molecule has 1 fully saturated rings. The van der Waals surface area contributed by atoms with Crippen molar-refractivity contribution in [1.82, 2.24) is 4.90 Å². The highest BCUT2D eigenvalue weighted by molar-refractivity contribution is 6.20. The molecule has 1 heterocycles. The number of piperidine rings is 1. The molecular formula is C18H26ClNO. The van der Waals surface area contributed by atoms with Gasteiger partial charge in [0.2, 0.25) is 5.91 Å². The van der Waals surface area contributed by atoms with Crippen LogP contribution >= 0.6 is 11.6 Å². The monoisotopic (exact) mass is 307 g/mol. The molecule has 1 saturated heterocycles. The molecule has 4 unspecified atom stereocenters. The van der Waals surface area contributed by atoms with E-state index in [1.54, 1.807) is 0 Å². The molecule has 0 aromatic heterocycles. The van der Waals surface area contributed by atoms with Gasteiger partial charge in [0.25, 0.3) is 0 Å². The minimum absolute atomic E-state index is 0.0322. The first-order valence-corrected chi connectivity index (χ1v) is 8.46. The summed E-state index contributed by atoms with van der Waals surface area (Å²) in [5.41, 5.74) is 1.14. The van der Waals surface area contributed by atoms with Gasteiger partial charge < -0.3 is 4.90 Å². The van der Waals surface area contributed by atoms with Gasteiger partial charge in [-0.3, -0.25) is 4.79 Å². The fraction of sp³-hybridized carbons (Fsp3) is 0.611. The molecular weight excluding hydrogens is 282 g/mol. The van der Waals surface area contributed by atoms with Crippen LogP contribution in [0.4, 0.5) is 0 Å². The van der Waals surface area contributed by atoms with Crippen molar-refractivity contribution in [2.75, 3.05) is 13.1 Å². The van der Waals surface area contributed by atoms with E-state index in [1.165, 1.54) is 0 Å². The standard InChI is InChI=1S/C18H26ClNO/c1-4-13(2)17(15-8-6-5-7-9-15)18(21)20-11-10-16(19)14(3)12-20/h5-9,13-14,16-17H,4,10-12H2,1-3H3. The van der Waals surface area contributed by atoms with Crippen LogP contribution in [0.3, 0.4) is 0 Å². The van der Waals surface area contributed by atoms with E-state index in [1.807, 2.05) is 23.1 Å². The molecule has 0 bridgehead atoms. The number of benzene rings is 1. The van der Waals surface area contributed by atoms with Crippen LogP contribution in [0.2, 0.25) is 0 Å². The minimum Gasteiger partial charge on any atom is -0.342 e. The lowest BCUT2D eigenvalue weighted by Gasteiger charge is -2.37. The maximum Gasteiger partial charge on any atom is 0.230 e. The second kappa shape index (κ2) is 7.31. The lowest BCUT2D eigenvalue weighted by molar-refractivity contribution is -0.135. The van der Waals surface area contributed by atoms with Crippen LogP contribution < -0.4 is 0 Å². The summed E-state index contributed by atoms with van der Waals surface area (Å²) in [6.07, 6.45) is 1.91. The van der Waals surface area contributed by atoms with Crippen molar-refractivity contribution in [3.05, 3.63) is 35.9 Å². The maximum absolute atomic E-state index is 13.0. The highest BCUT2D eigenvalue weighted by atomic mass is 35.5. The zero-order chi connectivity index (χ0) is 15.4. The number of hydrogen-bond acceptors (Lipinski definition) is 1. The predicted molar refractivity (Wildman–Crippen MR) is 88.6 cm³/mol. The number of likely N-dealkylation sites (tertiary alicyclic amines) is 1. The molecule has 2 nitrogen and oxygen atoms in total. The zero-order valence-corrected chi connectivity index (χ0v) is 14.0. The smallest absolute Gasteiger partial charge is 0.230 e. The quantitative estimate of drug-likeness (QED) is 0.760. The van der Waals surface area contributed by atoms with Gasteiger partial charge in [0.15, 0.2) is 0 Å². The molecule has 0 radical (unpaired) electrons. The summed E-state index contributed by atoms with van der Waals surface area (Å²) in [5, 5.41) is 0.202. The van der Waals surface area contributed by atoms with E-state index >= 15 is 0 Å². The van der Waals surface area contributed by atoms with E-state index < -0.39 is 0 Å². The van der Waals surface area contributed by atoms with Crippen LogP contribution in [0.25, 0.3) is 0 Å². The number of nitrogens with zero attached hydrogens (tertiary/aromatic N) is 1. The fourth-order valence-corrected chi connectivity index (χ4v) is 3.30. The Hall–Kier alpha value is -1.02. The topological polar surface area (TPSA) is 20.3 Å². The Balaban J connectivity index is 2.19. The average Bonchev–Trinajstić information content (AvgIpc) is 2.51. The SMILES string of the molecule is CCC(C)C(C(=O)N1CCC(Cl)C(C)C1)c1ccccc1. The zero-order valence-electron chi connectivity index (χ0n) is 13.3. The Bertz CT molecular complexity index is 462. The first-order valence-electron chi connectivity index (χ1n) is 8.02. The summed E-state index contributed by atoms with van der Waals surface area (Å²) >= 11 is 6.29. The Morgan fingerprint density at radius 1 is 1.38 bits per heavy atom. The summed E-state index contributed by atoms with van der Waals surface area (Å²) < 4.78 is 0. The molecule has 4 atom stereocenters. The number of carbonyl (C=O) groups excluding carboxylic acids is 1. The Morgan fingerprint density at radius 2 is 2.05 bits per heavy atom. The molecule has 1 aliphatic rings. The molecule has 0 spiro atoms. The van der Waals surface area contributed by atoms with Gasteiger partial charge in [0, 0.05) is 18.5 Å². The van der Waals surface area contributed by atoms with Crippen LogP contribution in [-0.2, 0) is 4.79 Å². The van der Waals surface area contributed by atoms with Crippen molar-refractivity contribution >= 4 is 17.5 Å². The molecule has 1 aromatic rings. The maximum atomic E-state index is 13.0. The number of halogens is 1. The molecule has 3 heteroatoms. The summed E-state index contributed by atoms with van der Waals surface area (Å²) in [7, 11) is 0. The Labute approximate surface area is 133 Å². The van der Waals surface area contributed by atoms with Crippen molar-refractivity contribution < 1.29 is 4.79 Å². The van der Waals surface area contributed by atoms with Gasteiger partial charge in [-0.25, -0.2) is 0 Å². The van der Waals surface area contributed by atoms with Crippen LogP contribution in [0.1, 0.15) is 45.1 Å². The van der Waals surface area contributed by atoms with Gasteiger partial charge in [-0.15, -0.1) is 11.6 Å². The van der Waals surface area contributed by atoms with E-state index in [-0.39, 0.29) is 17.2 Å². The number of hydrogen-bond donors (Lipinski definition) is 0. The Kier molecular flexibility index (Phi) is 5.69. The predicted octanol–water partition coefficient (Wildman–Crippen LogP) is 4.29. The summed E-state index contributed by atoms with van der Waals surface area (Å²) in [6, 6.07) is 10.2. The second-order valence-corrected chi connectivity index (χ2v) is 6.90. The number of carbonyl (C=O) groups is 1. The summed E-state index contributed by atoms with van der Waals surface area (Å²) in [6.45, 7) is 8.04. The first kappa shape index (κ1) is 16.4. The molecule has 116 valence electrons. The highest BCUT2D eigenvalue weighted by Crippen LogP contribution is 2.31. The van der Waals surface area contributed by atoms with Gasteiger partial charge in [0.05, 0.1) is 5.92 Å². The van der Waals surface area contributed by atoms with E-state index in [0.29, 0.717) is 11.8 Å². The number of rotatable bonds is 4. The van der Waals surface area contributed by atoms with E-state index in [9.17, 15) is 4.79 Å². The van der Waals surface area contributed by atoms with E-state index in [0.717, 1.165) is 31.5 Å². The van der Waals surface area contributed by atoms with E-state index in [2.05, 4.69) is 32.9 Å². The van der Waals surface area contributed by atoms with Gasteiger partial charge in [-0.2, -0.15) is 0 Å². The molecule has 2 rings (SSSR count). The molecule has 1 amide bonds. The first-order chi connectivity index (χ1) is 10.0. The van der Waals surface area contributed by atoms with Crippen molar-refractivity contribution in [2.24, 2.45) is 11.8 Å². The van der Waals surface area contributed by atoms with Crippen molar-refractivity contribution in [3.8, 4) is 0 Å². The van der Waals surface area contributed by atoms with Gasteiger partial charge in [0.1, 0.15) is 0 Å². The third kappa shape index (κ3) is 3.79. The number of alkyl halides is 1. The summed E-state index contributed by atoms with van der Waals surface area (Å²) in [4.78, 5) is 15.1. The van der Waals surface area contributed by atoms with E-state index in [4.69, 9.17) is 11.6 Å². The highest BCUT2D eigenvalue weighted by Gasteiger charge is 2.33. The third-order valence-corrected chi connectivity index (χ3v) is 5.40. The van der Waals surface area contributed by atoms with Crippen LogP contribution in [0, 0.1) is 11.8 Å². The molecule has 1 aromatic carbocycles. The largest absolute Gasteiger partial charge is 0.342 e. The minimum atomic E-state index is -0.0322. The normalized spacial score (nSPS) is 25.4. The molecule has 0 aliphatic carbocycles. The lowest BCUT2D eigenvalue weighted by atomic mass is 9.83. The molecule has 0 saturated carbocycles. The third-order valence-electron chi connectivity index (χ3n) is 4.75. The van der Waals surface area contributed by atoms with Crippen molar-refractivity contribution in [2.45, 2.75) is 44.9 Å². The summed E-state index contributed by atoms with van der Waals surface area (Å²) in [5.74, 6) is 0.961. The molecule has 21 heavy (non-hydrogen) atoms. The van der Waals surface area contributed by atoms with Crippen LogP contribution in [-0.4, -0.2) is 29.3 Å². The van der Waals surface area contributed by atoms with Crippen LogP contribution in [0.15, 0.2) is 30.3 Å². The average molecular weight is 308 g/mol. The van der Waals surface area contributed by atoms with Crippen molar-refractivity contribution in [1.29, 1.82) is 0 Å². The van der Waals surface area contributed by atoms with Gasteiger partial charge >= 0.3 is 0 Å². The number of amides is 1. The molecule has 0 N–H and O–H groups in total. The fourth-order valence-electron chi connectivity index (χ4n) is 3.12. The van der Waals surface area contributed by atoms with Crippen LogP contribution in [0.5, 0.6) is 0 Å². The Morgan fingerprint density at radius 3 is 2.62 bits per heavy atom. The van der Waals surface area contributed by atoms with Gasteiger partial charge in [-0.1, -0.05) is 57.5 Å².